The van der Waals surface area contributed by atoms with Gasteiger partial charge in [0.15, 0.2) is 0 Å². The summed E-state index contributed by atoms with van der Waals surface area (Å²) < 4.78 is 0. The van der Waals surface area contributed by atoms with Crippen LogP contribution in [-0.4, -0.2) is 13.6 Å². The van der Waals surface area contributed by atoms with Crippen molar-refractivity contribution in [3.63, 3.8) is 0 Å². The van der Waals surface area contributed by atoms with E-state index < -0.39 is 0 Å². The monoisotopic (exact) mass is 162 g/mol. The molecule has 0 unspecified atom stereocenters. The number of hydrogen-bond donors (Lipinski definition) is 2. The van der Waals surface area contributed by atoms with E-state index in [1.54, 1.807) is 0 Å². The second kappa shape index (κ2) is 4.44. The first-order valence-electron chi connectivity index (χ1n) is 3.99. The fourth-order valence-corrected chi connectivity index (χ4v) is 0.975. The Morgan fingerprint density at radius 3 is 2.83 bits per heavy atom. The van der Waals surface area contributed by atoms with E-state index in [1.807, 2.05) is 31.3 Å². The Labute approximate surface area is 73.3 Å². The average Bonchev–Trinajstić information content (AvgIpc) is 2.15. The lowest BCUT2D eigenvalue weighted by Crippen LogP contribution is -1.98. The van der Waals surface area contributed by atoms with Gasteiger partial charge in [-0.05, 0) is 18.2 Å². The van der Waals surface area contributed by atoms with Crippen molar-refractivity contribution in [2.24, 2.45) is 0 Å². The highest BCUT2D eigenvalue weighted by molar-refractivity contribution is 5.56. The molecule has 0 saturated heterocycles. The maximum absolute atomic E-state index is 3.64. The van der Waals surface area contributed by atoms with E-state index in [0.29, 0.717) is 0 Å². The van der Waals surface area contributed by atoms with Crippen LogP contribution in [0.2, 0.25) is 0 Å². The fraction of sp³-hybridized carbons (Fsp3) is 0.200. The summed E-state index contributed by atoms with van der Waals surface area (Å²) in [6.45, 7) is 4.44. The molecule has 2 heteroatoms. The molecule has 0 heterocycles. The molecular weight excluding hydrogens is 148 g/mol. The van der Waals surface area contributed by atoms with Gasteiger partial charge in [-0.2, -0.15) is 0 Å². The third-order valence-electron chi connectivity index (χ3n) is 1.60. The largest absolute Gasteiger partial charge is 0.388 e. The number of rotatable bonds is 4. The van der Waals surface area contributed by atoms with Crippen LogP contribution in [0.4, 0.5) is 11.4 Å². The van der Waals surface area contributed by atoms with Gasteiger partial charge in [0.05, 0.1) is 0 Å². The number of hydrogen-bond acceptors (Lipinski definition) is 2. The molecule has 0 aliphatic rings. The molecule has 0 amide bonds. The molecule has 1 aromatic carbocycles. The van der Waals surface area contributed by atoms with Gasteiger partial charge in [-0.3, -0.25) is 0 Å². The summed E-state index contributed by atoms with van der Waals surface area (Å²) in [7, 11) is 1.91. The van der Waals surface area contributed by atoms with Crippen LogP contribution in [0.15, 0.2) is 36.9 Å². The molecule has 0 spiro atoms. The molecule has 0 aliphatic heterocycles. The summed E-state index contributed by atoms with van der Waals surface area (Å²) in [6, 6.07) is 8.13. The predicted molar refractivity (Wildman–Crippen MR) is 54.7 cm³/mol. The van der Waals surface area contributed by atoms with E-state index >= 15 is 0 Å². The third-order valence-corrected chi connectivity index (χ3v) is 1.60. The molecule has 0 aliphatic carbocycles. The second-order valence-corrected chi connectivity index (χ2v) is 2.50. The molecule has 0 aromatic heterocycles. The van der Waals surface area contributed by atoms with E-state index in [9.17, 15) is 0 Å². The molecule has 1 rings (SSSR count). The van der Waals surface area contributed by atoms with Gasteiger partial charge in [-0.25, -0.2) is 0 Å². The Bertz CT molecular complexity index is 256. The summed E-state index contributed by atoms with van der Waals surface area (Å²) in [5.74, 6) is 0. The van der Waals surface area contributed by atoms with E-state index in [2.05, 4.69) is 23.3 Å². The van der Waals surface area contributed by atoms with Gasteiger partial charge in [0.1, 0.15) is 0 Å². The van der Waals surface area contributed by atoms with Gasteiger partial charge < -0.3 is 10.6 Å². The van der Waals surface area contributed by atoms with Crippen LogP contribution in [0.1, 0.15) is 0 Å². The first kappa shape index (κ1) is 8.65. The minimum atomic E-state index is 0.799. The maximum atomic E-state index is 3.64. The normalized spacial score (nSPS) is 9.08. The molecule has 0 atom stereocenters. The summed E-state index contributed by atoms with van der Waals surface area (Å²) in [6.07, 6.45) is 1.84. The standard InChI is InChI=1S/C10H14N2/c1-3-7-12-10-6-4-5-9(8-10)11-2/h3-6,8,11-12H,1,7H2,2H3. The van der Waals surface area contributed by atoms with Gasteiger partial charge in [0.2, 0.25) is 0 Å². The zero-order valence-corrected chi connectivity index (χ0v) is 7.30. The van der Waals surface area contributed by atoms with Crippen molar-refractivity contribution in [1.29, 1.82) is 0 Å². The molecular formula is C10H14N2. The van der Waals surface area contributed by atoms with Crippen LogP contribution in [0.5, 0.6) is 0 Å². The Morgan fingerprint density at radius 2 is 2.17 bits per heavy atom. The molecule has 0 bridgehead atoms. The zero-order valence-electron chi connectivity index (χ0n) is 7.30. The summed E-state index contributed by atoms with van der Waals surface area (Å²) >= 11 is 0. The lowest BCUT2D eigenvalue weighted by molar-refractivity contribution is 1.34. The maximum Gasteiger partial charge on any atom is 0.0363 e. The Hall–Kier alpha value is -1.44. The lowest BCUT2D eigenvalue weighted by atomic mass is 10.3. The van der Waals surface area contributed by atoms with Crippen molar-refractivity contribution >= 4 is 11.4 Å². The molecule has 0 saturated carbocycles. The van der Waals surface area contributed by atoms with Gasteiger partial charge in [-0.15, -0.1) is 6.58 Å². The average molecular weight is 162 g/mol. The SMILES string of the molecule is C=CCNc1cccc(NC)c1. The smallest absolute Gasteiger partial charge is 0.0363 e. The summed E-state index contributed by atoms with van der Waals surface area (Å²) in [4.78, 5) is 0. The third kappa shape index (κ3) is 2.31. The van der Waals surface area contributed by atoms with Gasteiger partial charge in [0, 0.05) is 25.0 Å². The lowest BCUT2D eigenvalue weighted by Gasteiger charge is -2.05. The van der Waals surface area contributed by atoms with Crippen molar-refractivity contribution in [2.45, 2.75) is 0 Å². The van der Waals surface area contributed by atoms with Crippen LogP contribution >= 0.6 is 0 Å². The van der Waals surface area contributed by atoms with E-state index in [-0.39, 0.29) is 0 Å². The molecule has 0 fully saturated rings. The highest BCUT2D eigenvalue weighted by atomic mass is 14.9. The predicted octanol–water partition coefficient (Wildman–Crippen LogP) is 2.33. The van der Waals surface area contributed by atoms with Crippen molar-refractivity contribution in [2.75, 3.05) is 24.2 Å². The quantitative estimate of drug-likeness (QED) is 0.664. The summed E-state index contributed by atoms with van der Waals surface area (Å²) in [5, 5.41) is 6.29. The fourth-order valence-electron chi connectivity index (χ4n) is 0.975. The highest BCUT2D eigenvalue weighted by Crippen LogP contribution is 2.13. The molecule has 0 radical (unpaired) electrons. The molecule has 1 aromatic rings. The van der Waals surface area contributed by atoms with Crippen LogP contribution in [0.25, 0.3) is 0 Å². The van der Waals surface area contributed by atoms with E-state index in [4.69, 9.17) is 0 Å². The molecule has 12 heavy (non-hydrogen) atoms. The van der Waals surface area contributed by atoms with Gasteiger partial charge in [-0.1, -0.05) is 12.1 Å². The molecule has 2 N–H and O–H groups in total. The molecule has 64 valence electrons. The Balaban J connectivity index is 2.65. The zero-order chi connectivity index (χ0) is 8.81. The topological polar surface area (TPSA) is 24.1 Å². The van der Waals surface area contributed by atoms with Crippen molar-refractivity contribution < 1.29 is 0 Å². The minimum Gasteiger partial charge on any atom is -0.388 e. The van der Waals surface area contributed by atoms with E-state index in [1.165, 1.54) is 0 Å². The van der Waals surface area contributed by atoms with E-state index in [0.717, 1.165) is 17.9 Å². The van der Waals surface area contributed by atoms with Crippen LogP contribution < -0.4 is 10.6 Å². The van der Waals surface area contributed by atoms with Crippen molar-refractivity contribution in [3.05, 3.63) is 36.9 Å². The van der Waals surface area contributed by atoms with Gasteiger partial charge >= 0.3 is 0 Å². The van der Waals surface area contributed by atoms with Crippen LogP contribution in [0.3, 0.4) is 0 Å². The second-order valence-electron chi connectivity index (χ2n) is 2.50. The Morgan fingerprint density at radius 1 is 1.42 bits per heavy atom. The number of anilines is 2. The van der Waals surface area contributed by atoms with Crippen LogP contribution in [0, 0.1) is 0 Å². The Kier molecular flexibility index (Phi) is 3.20. The van der Waals surface area contributed by atoms with Crippen molar-refractivity contribution in [1.82, 2.24) is 0 Å². The van der Waals surface area contributed by atoms with Crippen LogP contribution in [-0.2, 0) is 0 Å². The highest BCUT2D eigenvalue weighted by Gasteiger charge is 1.90. The molecule has 2 nitrogen and oxygen atoms in total. The first-order valence-corrected chi connectivity index (χ1v) is 3.99. The minimum absolute atomic E-state index is 0.799. The number of benzene rings is 1. The van der Waals surface area contributed by atoms with Crippen molar-refractivity contribution in [3.8, 4) is 0 Å². The first-order chi connectivity index (χ1) is 5.86. The van der Waals surface area contributed by atoms with Gasteiger partial charge in [0.25, 0.3) is 0 Å². The summed E-state index contributed by atoms with van der Waals surface area (Å²) in [5.41, 5.74) is 2.23. The number of nitrogens with one attached hydrogen (secondary N) is 2.